The summed E-state index contributed by atoms with van der Waals surface area (Å²) >= 11 is 1.64. The van der Waals surface area contributed by atoms with Crippen LogP contribution in [-0.4, -0.2) is 15.5 Å². The summed E-state index contributed by atoms with van der Waals surface area (Å²) in [6.45, 7) is 3.57. The highest BCUT2D eigenvalue weighted by Crippen LogP contribution is 2.26. The molecule has 0 fully saturated rings. The van der Waals surface area contributed by atoms with E-state index in [1.807, 2.05) is 31.3 Å². The second-order valence-electron chi connectivity index (χ2n) is 4.23. The third kappa shape index (κ3) is 1.75. The Morgan fingerprint density at radius 1 is 1.33 bits per heavy atom. The molecule has 3 aromatic rings. The number of hydrogen-bond acceptors (Lipinski definition) is 3. The Morgan fingerprint density at radius 2 is 2.17 bits per heavy atom. The maximum Gasteiger partial charge on any atom is 0.227 e. The molecule has 0 spiro atoms. The van der Waals surface area contributed by atoms with Gasteiger partial charge in [0.2, 0.25) is 5.91 Å². The monoisotopic (exact) mass is 256 g/mol. The van der Waals surface area contributed by atoms with Gasteiger partial charge in [0, 0.05) is 29.5 Å². The second-order valence-corrected chi connectivity index (χ2v) is 5.29. The van der Waals surface area contributed by atoms with Gasteiger partial charge in [-0.3, -0.25) is 9.36 Å². The van der Waals surface area contributed by atoms with E-state index in [4.69, 9.17) is 0 Å². The zero-order valence-electron chi connectivity index (χ0n) is 10.2. The summed E-state index contributed by atoms with van der Waals surface area (Å²) in [6, 6.07) is 8.01. The molecule has 0 aliphatic heterocycles. The van der Waals surface area contributed by atoms with Crippen LogP contribution in [0.3, 0.4) is 0 Å². The fourth-order valence-electron chi connectivity index (χ4n) is 2.07. The normalized spacial score (nSPS) is 11.0. The van der Waals surface area contributed by atoms with Crippen LogP contribution >= 0.6 is 11.3 Å². The minimum Gasteiger partial charge on any atom is -0.287 e. The number of hydrogen-bond donors (Lipinski definition) is 0. The molecule has 0 radical (unpaired) electrons. The Morgan fingerprint density at radius 3 is 2.83 bits per heavy atom. The van der Waals surface area contributed by atoms with Crippen molar-refractivity contribution in [1.82, 2.24) is 9.55 Å². The van der Waals surface area contributed by atoms with Gasteiger partial charge >= 0.3 is 0 Å². The number of rotatable bonds is 1. The number of carbonyl (C=O) groups excluding carboxylic acids is 1. The Balaban J connectivity index is 2.15. The van der Waals surface area contributed by atoms with Crippen LogP contribution in [0.15, 0.2) is 35.8 Å². The van der Waals surface area contributed by atoms with E-state index in [9.17, 15) is 4.79 Å². The van der Waals surface area contributed by atoms with Crippen molar-refractivity contribution in [2.45, 2.75) is 13.8 Å². The fraction of sp³-hybridized carbons (Fsp3) is 0.143. The molecule has 0 unspecified atom stereocenters. The van der Waals surface area contributed by atoms with E-state index in [-0.39, 0.29) is 5.91 Å². The average molecular weight is 256 g/mol. The molecule has 0 N–H and O–H groups in total. The summed E-state index contributed by atoms with van der Waals surface area (Å²) in [5.74, 6) is 0.0299. The number of fused-ring (bicyclic) bond motifs is 1. The molecule has 3 rings (SSSR count). The van der Waals surface area contributed by atoms with Crippen molar-refractivity contribution in [3.8, 4) is 11.3 Å². The van der Waals surface area contributed by atoms with Crippen molar-refractivity contribution < 1.29 is 4.79 Å². The predicted molar refractivity (Wildman–Crippen MR) is 74.1 cm³/mol. The minimum absolute atomic E-state index is 0.0299. The van der Waals surface area contributed by atoms with Gasteiger partial charge in [0.15, 0.2) is 0 Å². The molecule has 3 nitrogen and oxygen atoms in total. The molecule has 0 saturated heterocycles. The molecule has 0 aliphatic rings. The van der Waals surface area contributed by atoms with Crippen LogP contribution in [0.5, 0.6) is 0 Å². The van der Waals surface area contributed by atoms with Crippen LogP contribution in [0.2, 0.25) is 0 Å². The van der Waals surface area contributed by atoms with Gasteiger partial charge in [-0.05, 0) is 25.1 Å². The van der Waals surface area contributed by atoms with Crippen molar-refractivity contribution in [2.75, 3.05) is 0 Å². The predicted octanol–water partition coefficient (Wildman–Crippen LogP) is 3.73. The van der Waals surface area contributed by atoms with E-state index in [2.05, 4.69) is 16.4 Å². The molecule has 0 atom stereocenters. The molecule has 0 aliphatic carbocycles. The lowest BCUT2D eigenvalue weighted by Crippen LogP contribution is -2.02. The molecule has 1 aromatic carbocycles. The molecule has 4 heteroatoms. The van der Waals surface area contributed by atoms with Crippen LogP contribution in [0.25, 0.3) is 22.2 Å². The molecule has 0 saturated carbocycles. The summed E-state index contributed by atoms with van der Waals surface area (Å²) in [5, 5.41) is 4.18. The van der Waals surface area contributed by atoms with E-state index in [0.717, 1.165) is 27.2 Å². The van der Waals surface area contributed by atoms with E-state index < -0.39 is 0 Å². The minimum atomic E-state index is 0.0299. The van der Waals surface area contributed by atoms with Crippen molar-refractivity contribution >= 4 is 28.1 Å². The fourth-order valence-corrected chi connectivity index (χ4v) is 2.69. The van der Waals surface area contributed by atoms with E-state index >= 15 is 0 Å². The molecule has 2 aromatic heterocycles. The first-order valence-corrected chi connectivity index (χ1v) is 6.57. The maximum atomic E-state index is 11.4. The molecule has 0 bridgehead atoms. The second kappa shape index (κ2) is 4.07. The zero-order valence-corrected chi connectivity index (χ0v) is 11.0. The van der Waals surface area contributed by atoms with E-state index in [1.165, 1.54) is 0 Å². The van der Waals surface area contributed by atoms with Crippen molar-refractivity contribution in [3.05, 3.63) is 40.8 Å². The lowest BCUT2D eigenvalue weighted by molar-refractivity contribution is 0.0941. The molecule has 18 heavy (non-hydrogen) atoms. The number of thiazole rings is 1. The molecule has 0 amide bonds. The van der Waals surface area contributed by atoms with Crippen molar-refractivity contribution in [1.29, 1.82) is 0 Å². The highest BCUT2D eigenvalue weighted by Gasteiger charge is 2.07. The number of carbonyl (C=O) groups is 1. The Bertz CT molecular complexity index is 739. The summed E-state index contributed by atoms with van der Waals surface area (Å²) in [4.78, 5) is 15.9. The first kappa shape index (κ1) is 11.2. The van der Waals surface area contributed by atoms with E-state index in [0.29, 0.717) is 0 Å². The van der Waals surface area contributed by atoms with E-state index in [1.54, 1.807) is 22.8 Å². The maximum absolute atomic E-state index is 11.4. The number of aromatic nitrogens is 2. The SMILES string of the molecule is CC(=O)n1ccc2cc(-c3csc(C)n3)ccc21. The molecule has 2 heterocycles. The summed E-state index contributed by atoms with van der Waals surface area (Å²) in [7, 11) is 0. The van der Waals surface area contributed by atoms with Crippen LogP contribution in [0, 0.1) is 6.92 Å². The largest absolute Gasteiger partial charge is 0.287 e. The topological polar surface area (TPSA) is 34.9 Å². The highest BCUT2D eigenvalue weighted by molar-refractivity contribution is 7.09. The first-order chi connectivity index (χ1) is 8.65. The van der Waals surface area contributed by atoms with Gasteiger partial charge in [0.25, 0.3) is 0 Å². The van der Waals surface area contributed by atoms with Crippen molar-refractivity contribution in [3.63, 3.8) is 0 Å². The Labute approximate surface area is 109 Å². The van der Waals surface area contributed by atoms with Crippen molar-refractivity contribution in [2.24, 2.45) is 0 Å². The first-order valence-electron chi connectivity index (χ1n) is 5.70. The number of benzene rings is 1. The van der Waals surface area contributed by atoms with Gasteiger partial charge in [-0.15, -0.1) is 11.3 Å². The third-order valence-corrected chi connectivity index (χ3v) is 3.72. The summed E-state index contributed by atoms with van der Waals surface area (Å²) in [6.07, 6.45) is 1.81. The quantitative estimate of drug-likeness (QED) is 0.665. The smallest absolute Gasteiger partial charge is 0.227 e. The van der Waals surface area contributed by atoms with Gasteiger partial charge in [-0.2, -0.15) is 0 Å². The lowest BCUT2D eigenvalue weighted by atomic mass is 10.1. The zero-order chi connectivity index (χ0) is 12.7. The standard InChI is InChI=1S/C14H12N2OS/c1-9-15-13(8-18-9)11-3-4-14-12(7-11)5-6-16(14)10(2)17/h3-8H,1-2H3. The van der Waals surface area contributed by atoms with Crippen LogP contribution in [0.1, 0.15) is 16.7 Å². The molecule has 90 valence electrons. The Kier molecular flexibility index (Phi) is 2.52. The number of nitrogens with zero attached hydrogens (tertiary/aromatic N) is 2. The molecular weight excluding hydrogens is 244 g/mol. The van der Waals surface area contributed by atoms with Gasteiger partial charge in [-0.1, -0.05) is 6.07 Å². The van der Waals surface area contributed by atoms with Crippen LogP contribution < -0.4 is 0 Å². The van der Waals surface area contributed by atoms with Gasteiger partial charge < -0.3 is 0 Å². The number of aryl methyl sites for hydroxylation is 1. The van der Waals surface area contributed by atoms with Gasteiger partial charge in [0.1, 0.15) is 0 Å². The Hall–Kier alpha value is -1.94. The van der Waals surface area contributed by atoms with Crippen LogP contribution in [-0.2, 0) is 0 Å². The van der Waals surface area contributed by atoms with Crippen LogP contribution in [0.4, 0.5) is 0 Å². The van der Waals surface area contributed by atoms with Gasteiger partial charge in [0.05, 0.1) is 16.2 Å². The van der Waals surface area contributed by atoms with Gasteiger partial charge in [-0.25, -0.2) is 4.98 Å². The average Bonchev–Trinajstić information content (AvgIpc) is 2.93. The summed E-state index contributed by atoms with van der Waals surface area (Å²) < 4.78 is 1.66. The lowest BCUT2D eigenvalue weighted by Gasteiger charge is -2.01. The molecular formula is C14H12N2OS. The highest BCUT2D eigenvalue weighted by atomic mass is 32.1. The summed E-state index contributed by atoms with van der Waals surface area (Å²) in [5.41, 5.74) is 3.03. The third-order valence-electron chi connectivity index (χ3n) is 2.94.